The highest BCUT2D eigenvalue weighted by molar-refractivity contribution is 7.89. The molecular formula is C11H15ClFNO3S. The number of halogens is 2. The molecule has 0 aliphatic rings. The van der Waals surface area contributed by atoms with Gasteiger partial charge in [-0.25, -0.2) is 17.5 Å². The molecule has 7 heteroatoms. The van der Waals surface area contributed by atoms with Crippen molar-refractivity contribution in [1.29, 1.82) is 0 Å². The lowest BCUT2D eigenvalue weighted by Gasteiger charge is -2.28. The van der Waals surface area contributed by atoms with Crippen LogP contribution in [0.1, 0.15) is 20.8 Å². The number of hydrogen-bond acceptors (Lipinski definition) is 3. The fourth-order valence-electron chi connectivity index (χ4n) is 1.18. The van der Waals surface area contributed by atoms with E-state index in [-0.39, 0.29) is 5.02 Å². The molecule has 0 bridgehead atoms. The average molecular weight is 296 g/mol. The monoisotopic (exact) mass is 295 g/mol. The third-order valence-electron chi connectivity index (χ3n) is 2.63. The van der Waals surface area contributed by atoms with Gasteiger partial charge in [-0.2, -0.15) is 0 Å². The van der Waals surface area contributed by atoms with Crippen molar-refractivity contribution in [2.24, 2.45) is 0 Å². The zero-order valence-corrected chi connectivity index (χ0v) is 11.8. The van der Waals surface area contributed by atoms with Crippen LogP contribution in [0.15, 0.2) is 23.1 Å². The summed E-state index contributed by atoms with van der Waals surface area (Å²) in [5.74, 6) is -0.934. The zero-order chi connectivity index (χ0) is 14.1. The Kier molecular flexibility index (Phi) is 4.38. The highest BCUT2D eigenvalue weighted by atomic mass is 35.5. The van der Waals surface area contributed by atoms with Crippen LogP contribution < -0.4 is 4.72 Å². The van der Waals surface area contributed by atoms with E-state index in [2.05, 4.69) is 4.72 Å². The molecule has 0 fully saturated rings. The first-order valence-corrected chi connectivity index (χ1v) is 7.09. The lowest BCUT2D eigenvalue weighted by Crippen LogP contribution is -2.50. The van der Waals surface area contributed by atoms with Crippen molar-refractivity contribution in [2.45, 2.75) is 37.3 Å². The van der Waals surface area contributed by atoms with Gasteiger partial charge in [-0.1, -0.05) is 11.6 Å². The van der Waals surface area contributed by atoms with E-state index in [9.17, 15) is 17.9 Å². The van der Waals surface area contributed by atoms with Gasteiger partial charge in [0, 0.05) is 5.02 Å². The van der Waals surface area contributed by atoms with Crippen LogP contribution in [-0.2, 0) is 10.0 Å². The van der Waals surface area contributed by atoms with E-state index in [1.807, 2.05) is 0 Å². The summed E-state index contributed by atoms with van der Waals surface area (Å²) in [6.45, 7) is 4.45. The highest BCUT2D eigenvalue weighted by Crippen LogP contribution is 2.21. The van der Waals surface area contributed by atoms with Gasteiger partial charge in [0.05, 0.1) is 11.6 Å². The number of aliphatic hydroxyl groups is 1. The van der Waals surface area contributed by atoms with E-state index in [1.54, 1.807) is 0 Å². The van der Waals surface area contributed by atoms with Crippen LogP contribution in [0.5, 0.6) is 0 Å². The first kappa shape index (κ1) is 15.4. The molecule has 0 aliphatic heterocycles. The van der Waals surface area contributed by atoms with E-state index in [1.165, 1.54) is 26.8 Å². The van der Waals surface area contributed by atoms with Gasteiger partial charge < -0.3 is 5.11 Å². The number of hydrogen-bond donors (Lipinski definition) is 2. The van der Waals surface area contributed by atoms with E-state index < -0.39 is 32.4 Å². The fourth-order valence-corrected chi connectivity index (χ4v) is 2.87. The van der Waals surface area contributed by atoms with Crippen molar-refractivity contribution < 1.29 is 17.9 Å². The molecule has 1 rings (SSSR count). The lowest BCUT2D eigenvalue weighted by atomic mass is 10.0. The molecule has 0 aromatic heterocycles. The molecule has 4 nitrogen and oxygen atoms in total. The lowest BCUT2D eigenvalue weighted by molar-refractivity contribution is 0.111. The molecule has 0 radical (unpaired) electrons. The number of sulfonamides is 1. The van der Waals surface area contributed by atoms with Crippen molar-refractivity contribution in [2.75, 3.05) is 0 Å². The van der Waals surface area contributed by atoms with E-state index in [0.29, 0.717) is 0 Å². The van der Waals surface area contributed by atoms with Crippen molar-refractivity contribution in [1.82, 2.24) is 4.72 Å². The van der Waals surface area contributed by atoms with Crippen LogP contribution in [-0.4, -0.2) is 25.2 Å². The topological polar surface area (TPSA) is 66.4 Å². The Morgan fingerprint density at radius 3 is 2.44 bits per heavy atom. The van der Waals surface area contributed by atoms with Gasteiger partial charge in [0.2, 0.25) is 10.0 Å². The Hall–Kier alpha value is -0.690. The van der Waals surface area contributed by atoms with Gasteiger partial charge in [-0.05, 0) is 39.0 Å². The molecule has 0 spiro atoms. The molecular weight excluding hydrogens is 281 g/mol. The summed E-state index contributed by atoms with van der Waals surface area (Å²) in [5.41, 5.74) is -1.11. The maximum atomic E-state index is 13.6. The second-order valence-corrected chi connectivity index (χ2v) is 6.67. The van der Waals surface area contributed by atoms with Crippen LogP contribution in [0.4, 0.5) is 4.39 Å². The molecule has 0 aliphatic carbocycles. The number of benzene rings is 1. The van der Waals surface area contributed by atoms with Crippen LogP contribution in [0, 0.1) is 5.82 Å². The minimum atomic E-state index is -4.05. The summed E-state index contributed by atoms with van der Waals surface area (Å²) in [4.78, 5) is -0.499. The van der Waals surface area contributed by atoms with Crippen LogP contribution >= 0.6 is 11.6 Å². The molecule has 0 saturated carbocycles. The van der Waals surface area contributed by atoms with Gasteiger partial charge in [0.25, 0.3) is 0 Å². The van der Waals surface area contributed by atoms with Gasteiger partial charge in [-0.15, -0.1) is 0 Å². The Labute approximate surface area is 111 Å². The summed E-state index contributed by atoms with van der Waals surface area (Å²) >= 11 is 5.56. The number of rotatable bonds is 4. The Bertz CT molecular complexity index is 543. The molecule has 0 amide bonds. The molecule has 102 valence electrons. The first-order valence-electron chi connectivity index (χ1n) is 5.23. The van der Waals surface area contributed by atoms with Gasteiger partial charge in [-0.3, -0.25) is 0 Å². The molecule has 1 aromatic rings. The second-order valence-electron chi connectivity index (χ2n) is 4.58. The molecule has 0 heterocycles. The molecule has 0 saturated heterocycles. The standard InChI is InChI=1S/C11H15ClFNO3S/c1-7(15)11(2,3)14-18(16,17)10-5-4-8(12)6-9(10)13/h4-7,14-15H,1-3H3. The minimum absolute atomic E-state index is 0.112. The number of aliphatic hydroxyl groups excluding tert-OH is 1. The SMILES string of the molecule is CC(O)C(C)(C)NS(=O)(=O)c1ccc(Cl)cc1F. The number of nitrogens with one attached hydrogen (secondary N) is 1. The summed E-state index contributed by atoms with van der Waals surface area (Å²) in [7, 11) is -4.05. The van der Waals surface area contributed by atoms with Gasteiger partial charge in [0.15, 0.2) is 0 Å². The predicted molar refractivity (Wildman–Crippen MR) is 67.5 cm³/mol. The summed E-state index contributed by atoms with van der Waals surface area (Å²) in [5, 5.41) is 9.57. The van der Waals surface area contributed by atoms with E-state index in [0.717, 1.165) is 12.1 Å². The molecule has 18 heavy (non-hydrogen) atoms. The maximum absolute atomic E-state index is 13.6. The largest absolute Gasteiger partial charge is 0.391 e. The van der Waals surface area contributed by atoms with Crippen LogP contribution in [0.3, 0.4) is 0 Å². The molecule has 1 unspecified atom stereocenters. The average Bonchev–Trinajstić information content (AvgIpc) is 2.14. The van der Waals surface area contributed by atoms with Crippen molar-refractivity contribution in [3.05, 3.63) is 29.0 Å². The first-order chi connectivity index (χ1) is 8.06. The molecule has 1 aromatic carbocycles. The second kappa shape index (κ2) is 5.13. The Balaban J connectivity index is 3.15. The fraction of sp³-hybridized carbons (Fsp3) is 0.455. The van der Waals surface area contributed by atoms with Crippen molar-refractivity contribution in [3.63, 3.8) is 0 Å². The Morgan fingerprint density at radius 1 is 1.44 bits per heavy atom. The zero-order valence-electron chi connectivity index (χ0n) is 10.2. The highest BCUT2D eigenvalue weighted by Gasteiger charge is 2.31. The smallest absolute Gasteiger partial charge is 0.244 e. The van der Waals surface area contributed by atoms with E-state index >= 15 is 0 Å². The summed E-state index contributed by atoms with van der Waals surface area (Å²) in [6, 6.07) is 3.29. The van der Waals surface area contributed by atoms with E-state index in [4.69, 9.17) is 11.6 Å². The van der Waals surface area contributed by atoms with Crippen LogP contribution in [0.25, 0.3) is 0 Å². The quantitative estimate of drug-likeness (QED) is 0.892. The third-order valence-corrected chi connectivity index (χ3v) is 4.57. The molecule has 2 N–H and O–H groups in total. The van der Waals surface area contributed by atoms with Gasteiger partial charge >= 0.3 is 0 Å². The predicted octanol–water partition coefficient (Wildman–Crippen LogP) is 1.92. The summed E-state index contributed by atoms with van der Waals surface area (Å²) in [6.07, 6.45) is -0.928. The molecule has 1 atom stereocenters. The van der Waals surface area contributed by atoms with Crippen molar-refractivity contribution >= 4 is 21.6 Å². The maximum Gasteiger partial charge on any atom is 0.244 e. The van der Waals surface area contributed by atoms with Crippen molar-refractivity contribution in [3.8, 4) is 0 Å². The van der Waals surface area contributed by atoms with Crippen LogP contribution in [0.2, 0.25) is 5.02 Å². The normalized spacial score (nSPS) is 14.6. The Morgan fingerprint density at radius 2 is 2.00 bits per heavy atom. The minimum Gasteiger partial charge on any atom is -0.391 e. The summed E-state index contributed by atoms with van der Waals surface area (Å²) < 4.78 is 39.8. The third kappa shape index (κ3) is 3.41. The van der Waals surface area contributed by atoms with Gasteiger partial charge in [0.1, 0.15) is 10.7 Å².